The fourth-order valence-corrected chi connectivity index (χ4v) is 3.73. The Hall–Kier alpha value is -0.860. The summed E-state index contributed by atoms with van der Waals surface area (Å²) in [4.78, 5) is 9.85. The van der Waals surface area contributed by atoms with Crippen LogP contribution in [0.25, 0.3) is 0 Å². The second-order valence-corrected chi connectivity index (χ2v) is 7.03. The lowest BCUT2D eigenvalue weighted by Crippen LogP contribution is -2.45. The lowest BCUT2D eigenvalue weighted by atomic mass is 9.99. The van der Waals surface area contributed by atoms with Gasteiger partial charge in [0, 0.05) is 44.7 Å². The Balaban J connectivity index is 0.00000243. The largest absolute Gasteiger partial charge is 0.379 e. The summed E-state index contributed by atoms with van der Waals surface area (Å²) >= 11 is 0. The van der Waals surface area contributed by atoms with Crippen molar-refractivity contribution < 1.29 is 4.74 Å². The molecule has 1 aromatic rings. The summed E-state index contributed by atoms with van der Waals surface area (Å²) in [6.07, 6.45) is 1.20. The van der Waals surface area contributed by atoms with Gasteiger partial charge in [-0.05, 0) is 25.8 Å². The number of hydrogen-bond donors (Lipinski definition) is 1. The number of hydrogen-bond acceptors (Lipinski definition) is 3. The molecule has 1 N–H and O–H groups in total. The highest BCUT2D eigenvalue weighted by atomic mass is 127. The lowest BCUT2D eigenvalue weighted by Gasteiger charge is -2.31. The third-order valence-electron chi connectivity index (χ3n) is 5.27. The number of morpholine rings is 1. The SMILES string of the molecule is CCNC(=NCC(C)N1CCOCC1)N1CCC(c2ccccc2)C1.I. The van der Waals surface area contributed by atoms with Crippen molar-refractivity contribution in [3.05, 3.63) is 35.9 Å². The first kappa shape index (κ1) is 21.4. The summed E-state index contributed by atoms with van der Waals surface area (Å²) in [5.41, 5.74) is 1.45. The van der Waals surface area contributed by atoms with E-state index in [1.807, 2.05) is 0 Å². The monoisotopic (exact) mass is 472 g/mol. The van der Waals surface area contributed by atoms with Gasteiger partial charge >= 0.3 is 0 Å². The van der Waals surface area contributed by atoms with Crippen molar-refractivity contribution in [3.63, 3.8) is 0 Å². The quantitative estimate of drug-likeness (QED) is 0.407. The molecule has 0 spiro atoms. The van der Waals surface area contributed by atoms with Crippen LogP contribution in [0, 0.1) is 0 Å². The summed E-state index contributed by atoms with van der Waals surface area (Å²) < 4.78 is 5.45. The molecule has 2 atom stereocenters. The van der Waals surface area contributed by atoms with Crippen LogP contribution in [0.2, 0.25) is 0 Å². The maximum absolute atomic E-state index is 5.45. The van der Waals surface area contributed by atoms with E-state index in [0.717, 1.165) is 58.4 Å². The van der Waals surface area contributed by atoms with Crippen molar-refractivity contribution in [2.75, 3.05) is 52.5 Å². The first-order valence-electron chi connectivity index (χ1n) is 9.68. The third-order valence-corrected chi connectivity index (χ3v) is 5.27. The van der Waals surface area contributed by atoms with Gasteiger partial charge in [0.15, 0.2) is 5.96 Å². The van der Waals surface area contributed by atoms with Gasteiger partial charge in [-0.15, -0.1) is 24.0 Å². The van der Waals surface area contributed by atoms with E-state index < -0.39 is 0 Å². The van der Waals surface area contributed by atoms with Crippen LogP contribution in [0.5, 0.6) is 0 Å². The molecular formula is C20H33IN4O. The Morgan fingerprint density at radius 3 is 2.65 bits per heavy atom. The summed E-state index contributed by atoms with van der Waals surface area (Å²) in [6, 6.07) is 11.3. The smallest absolute Gasteiger partial charge is 0.193 e. The third kappa shape index (κ3) is 5.82. The predicted molar refractivity (Wildman–Crippen MR) is 119 cm³/mol. The van der Waals surface area contributed by atoms with Gasteiger partial charge in [-0.25, -0.2) is 0 Å². The normalized spacial score (nSPS) is 22.8. The molecule has 0 saturated carbocycles. The first-order valence-corrected chi connectivity index (χ1v) is 9.68. The number of rotatable bonds is 5. The summed E-state index contributed by atoms with van der Waals surface area (Å²) in [6.45, 7) is 12.0. The number of likely N-dealkylation sites (tertiary alicyclic amines) is 1. The van der Waals surface area contributed by atoms with Crippen LogP contribution in [0.3, 0.4) is 0 Å². The van der Waals surface area contributed by atoms with Crippen LogP contribution in [0.1, 0.15) is 31.7 Å². The summed E-state index contributed by atoms with van der Waals surface area (Å²) in [7, 11) is 0. The molecule has 2 unspecified atom stereocenters. The second-order valence-electron chi connectivity index (χ2n) is 7.03. The van der Waals surface area contributed by atoms with Crippen LogP contribution < -0.4 is 5.32 Å². The Morgan fingerprint density at radius 1 is 1.23 bits per heavy atom. The highest BCUT2D eigenvalue weighted by Crippen LogP contribution is 2.26. The van der Waals surface area contributed by atoms with Crippen molar-refractivity contribution >= 4 is 29.9 Å². The van der Waals surface area contributed by atoms with Gasteiger partial charge in [0.05, 0.1) is 19.8 Å². The average molecular weight is 472 g/mol. The maximum Gasteiger partial charge on any atom is 0.193 e. The summed E-state index contributed by atoms with van der Waals surface area (Å²) in [5, 5.41) is 3.49. The van der Waals surface area contributed by atoms with Crippen LogP contribution in [0.4, 0.5) is 0 Å². The molecule has 146 valence electrons. The molecule has 2 aliphatic rings. The van der Waals surface area contributed by atoms with E-state index in [-0.39, 0.29) is 24.0 Å². The molecule has 0 aliphatic carbocycles. The highest BCUT2D eigenvalue weighted by Gasteiger charge is 2.26. The highest BCUT2D eigenvalue weighted by molar-refractivity contribution is 14.0. The van der Waals surface area contributed by atoms with Crippen molar-refractivity contribution in [2.45, 2.75) is 32.2 Å². The van der Waals surface area contributed by atoms with Gasteiger partial charge in [-0.3, -0.25) is 9.89 Å². The van der Waals surface area contributed by atoms with E-state index in [4.69, 9.17) is 9.73 Å². The molecular weight excluding hydrogens is 439 g/mol. The number of nitrogens with zero attached hydrogens (tertiary/aromatic N) is 3. The number of nitrogens with one attached hydrogen (secondary N) is 1. The van der Waals surface area contributed by atoms with Gasteiger partial charge in [0.1, 0.15) is 0 Å². The van der Waals surface area contributed by atoms with E-state index in [9.17, 15) is 0 Å². The van der Waals surface area contributed by atoms with Gasteiger partial charge in [-0.1, -0.05) is 30.3 Å². The van der Waals surface area contributed by atoms with Crippen molar-refractivity contribution in [3.8, 4) is 0 Å². The molecule has 2 aliphatic heterocycles. The molecule has 5 nitrogen and oxygen atoms in total. The molecule has 2 saturated heterocycles. The Labute approximate surface area is 175 Å². The molecule has 1 aromatic carbocycles. The van der Waals surface area contributed by atoms with E-state index in [1.165, 1.54) is 12.0 Å². The Bertz CT molecular complexity index is 548. The standard InChI is InChI=1S/C20H32N4O.HI/c1-3-21-20(22-15-17(2)23-11-13-25-14-12-23)24-10-9-19(16-24)18-7-5-4-6-8-18;/h4-8,17,19H,3,9-16H2,1-2H3,(H,21,22);1H. The number of guanidine groups is 1. The van der Waals surface area contributed by atoms with Crippen LogP contribution >= 0.6 is 24.0 Å². The van der Waals surface area contributed by atoms with Gasteiger partial charge in [0.2, 0.25) is 0 Å². The van der Waals surface area contributed by atoms with Crippen LogP contribution in [-0.4, -0.2) is 74.3 Å². The topological polar surface area (TPSA) is 40.1 Å². The Kier molecular flexibility index (Phi) is 9.15. The molecule has 0 radical (unpaired) electrons. The Morgan fingerprint density at radius 2 is 1.96 bits per heavy atom. The maximum atomic E-state index is 5.45. The fraction of sp³-hybridized carbons (Fsp3) is 0.650. The molecule has 0 aromatic heterocycles. The first-order chi connectivity index (χ1) is 12.3. The zero-order chi connectivity index (χ0) is 17.5. The van der Waals surface area contributed by atoms with Crippen LogP contribution in [0.15, 0.2) is 35.3 Å². The second kappa shape index (κ2) is 11.1. The van der Waals surface area contributed by atoms with E-state index in [0.29, 0.717) is 12.0 Å². The van der Waals surface area contributed by atoms with Crippen molar-refractivity contribution in [1.82, 2.24) is 15.1 Å². The van der Waals surface area contributed by atoms with Gasteiger partial charge in [0.25, 0.3) is 0 Å². The van der Waals surface area contributed by atoms with E-state index >= 15 is 0 Å². The van der Waals surface area contributed by atoms with Crippen LogP contribution in [-0.2, 0) is 4.74 Å². The molecule has 6 heteroatoms. The van der Waals surface area contributed by atoms with Gasteiger partial charge < -0.3 is 15.0 Å². The van der Waals surface area contributed by atoms with Crippen molar-refractivity contribution in [2.24, 2.45) is 4.99 Å². The molecule has 0 bridgehead atoms. The average Bonchev–Trinajstić information content (AvgIpc) is 3.16. The zero-order valence-electron chi connectivity index (χ0n) is 16.1. The van der Waals surface area contributed by atoms with E-state index in [1.54, 1.807) is 0 Å². The zero-order valence-corrected chi connectivity index (χ0v) is 18.4. The van der Waals surface area contributed by atoms with E-state index in [2.05, 4.69) is 59.3 Å². The minimum atomic E-state index is 0. The fourth-order valence-electron chi connectivity index (χ4n) is 3.73. The predicted octanol–water partition coefficient (Wildman–Crippen LogP) is 2.78. The summed E-state index contributed by atoms with van der Waals surface area (Å²) in [5.74, 6) is 1.68. The molecule has 26 heavy (non-hydrogen) atoms. The minimum absolute atomic E-state index is 0. The number of aliphatic imine (C=N–C) groups is 1. The lowest BCUT2D eigenvalue weighted by molar-refractivity contribution is 0.0220. The van der Waals surface area contributed by atoms with Gasteiger partial charge in [-0.2, -0.15) is 0 Å². The molecule has 2 heterocycles. The number of halogens is 1. The minimum Gasteiger partial charge on any atom is -0.379 e. The molecule has 2 fully saturated rings. The van der Waals surface area contributed by atoms with Crippen molar-refractivity contribution in [1.29, 1.82) is 0 Å². The number of ether oxygens (including phenoxy) is 1. The molecule has 3 rings (SSSR count). The number of benzene rings is 1. The molecule has 0 amide bonds.